The lowest BCUT2D eigenvalue weighted by Crippen LogP contribution is -2.32. The van der Waals surface area contributed by atoms with Gasteiger partial charge < -0.3 is 14.5 Å². The lowest BCUT2D eigenvalue weighted by atomic mass is 10.2. The van der Waals surface area contributed by atoms with Crippen LogP contribution in [0.4, 0.5) is 17.6 Å². The highest BCUT2D eigenvalue weighted by atomic mass is 19.3. The first-order valence-corrected chi connectivity index (χ1v) is 6.14. The molecule has 1 aromatic heterocycles. The molecular formula is C13H12F4N2O3. The van der Waals surface area contributed by atoms with Crippen LogP contribution < -0.4 is 10.3 Å². The average molecular weight is 320 g/mol. The summed E-state index contributed by atoms with van der Waals surface area (Å²) in [5.74, 6) is -3.82. The highest BCUT2D eigenvalue weighted by Crippen LogP contribution is 2.23. The molecular weight excluding hydrogens is 308 g/mol. The van der Waals surface area contributed by atoms with Gasteiger partial charge in [-0.15, -0.1) is 0 Å². The summed E-state index contributed by atoms with van der Waals surface area (Å²) in [7, 11) is 1.44. The quantitative estimate of drug-likeness (QED) is 0.830. The van der Waals surface area contributed by atoms with E-state index in [1.165, 1.54) is 19.2 Å². The van der Waals surface area contributed by atoms with E-state index in [1.54, 1.807) is 6.07 Å². The van der Waals surface area contributed by atoms with Gasteiger partial charge in [0.05, 0.1) is 18.0 Å². The van der Waals surface area contributed by atoms with E-state index in [1.807, 2.05) is 0 Å². The number of aromatic nitrogens is 2. The van der Waals surface area contributed by atoms with Crippen LogP contribution in [0.5, 0.6) is 5.75 Å². The molecule has 0 bridgehead atoms. The molecule has 0 atom stereocenters. The van der Waals surface area contributed by atoms with Crippen molar-refractivity contribution in [1.29, 1.82) is 0 Å². The number of ether oxygens (including phenoxy) is 2. The Morgan fingerprint density at radius 2 is 2.09 bits per heavy atom. The molecule has 22 heavy (non-hydrogen) atoms. The van der Waals surface area contributed by atoms with Crippen molar-refractivity contribution in [3.8, 4) is 5.75 Å². The van der Waals surface area contributed by atoms with Gasteiger partial charge in [-0.1, -0.05) is 0 Å². The van der Waals surface area contributed by atoms with E-state index in [0.717, 1.165) is 0 Å². The smallest absolute Gasteiger partial charge is 0.330 e. The fourth-order valence-corrected chi connectivity index (χ4v) is 1.71. The summed E-state index contributed by atoms with van der Waals surface area (Å²) < 4.78 is 58.8. The lowest BCUT2D eigenvalue weighted by molar-refractivity contribution is -0.168. The summed E-state index contributed by atoms with van der Waals surface area (Å²) >= 11 is 0. The maximum atomic E-state index is 12.7. The number of nitrogens with one attached hydrogen (secondary N) is 1. The van der Waals surface area contributed by atoms with Gasteiger partial charge in [0, 0.05) is 0 Å². The Labute approximate surface area is 121 Å². The number of nitrogens with zero attached hydrogens (tertiary/aromatic N) is 1. The third kappa shape index (κ3) is 3.53. The van der Waals surface area contributed by atoms with Crippen LogP contribution in [-0.4, -0.2) is 36.0 Å². The van der Waals surface area contributed by atoms with Crippen LogP contribution in [0.25, 0.3) is 10.9 Å². The molecule has 0 spiro atoms. The second kappa shape index (κ2) is 6.30. The Balaban J connectivity index is 2.15. The van der Waals surface area contributed by atoms with Crippen molar-refractivity contribution in [2.24, 2.45) is 0 Å². The van der Waals surface area contributed by atoms with E-state index in [-0.39, 0.29) is 11.2 Å². The maximum absolute atomic E-state index is 12.7. The van der Waals surface area contributed by atoms with Crippen LogP contribution in [0.3, 0.4) is 0 Å². The van der Waals surface area contributed by atoms with Gasteiger partial charge in [0.1, 0.15) is 24.8 Å². The zero-order valence-corrected chi connectivity index (χ0v) is 11.4. The highest BCUT2D eigenvalue weighted by molar-refractivity contribution is 5.79. The predicted octanol–water partition coefficient (Wildman–Crippen LogP) is 2.35. The Hall–Kier alpha value is -2.16. The van der Waals surface area contributed by atoms with Crippen LogP contribution in [0.15, 0.2) is 23.0 Å². The van der Waals surface area contributed by atoms with Gasteiger partial charge in [-0.05, 0) is 18.2 Å². The topological polar surface area (TPSA) is 64.2 Å². The molecule has 1 heterocycles. The number of hydrogen-bond acceptors (Lipinski definition) is 4. The molecule has 120 valence electrons. The Morgan fingerprint density at radius 1 is 1.36 bits per heavy atom. The van der Waals surface area contributed by atoms with E-state index >= 15 is 0 Å². The van der Waals surface area contributed by atoms with Gasteiger partial charge in [0.15, 0.2) is 0 Å². The fraction of sp³-hybridized carbons (Fsp3) is 0.385. The van der Waals surface area contributed by atoms with Crippen molar-refractivity contribution < 1.29 is 27.0 Å². The molecule has 0 saturated carbocycles. The number of H-pyrrole nitrogens is 1. The molecule has 0 amide bonds. The summed E-state index contributed by atoms with van der Waals surface area (Å²) in [5.41, 5.74) is -0.202. The number of aromatic amines is 1. The molecule has 0 aliphatic carbocycles. The van der Waals surface area contributed by atoms with E-state index < -0.39 is 31.1 Å². The van der Waals surface area contributed by atoms with Gasteiger partial charge in [-0.25, -0.2) is 13.8 Å². The molecule has 1 N–H and O–H groups in total. The maximum Gasteiger partial charge on any atom is 0.330 e. The standard InChI is InChI=1S/C13H12F4N2O3/c1-21-7-2-3-9-8(4-7)11(20)19-10(18-9)5-22-6-13(16,17)12(14)15/h2-4,12H,5-6H2,1H3,(H,18,19,20). The third-order valence-corrected chi connectivity index (χ3v) is 2.81. The number of alkyl halides is 4. The number of rotatable bonds is 6. The minimum atomic E-state index is -4.25. The van der Waals surface area contributed by atoms with E-state index in [4.69, 9.17) is 4.74 Å². The van der Waals surface area contributed by atoms with Crippen LogP contribution in [0, 0.1) is 0 Å². The van der Waals surface area contributed by atoms with Gasteiger partial charge in [0.2, 0.25) is 0 Å². The Morgan fingerprint density at radius 3 is 2.73 bits per heavy atom. The molecule has 2 aromatic rings. The predicted molar refractivity (Wildman–Crippen MR) is 69.5 cm³/mol. The first kappa shape index (κ1) is 16.2. The largest absolute Gasteiger partial charge is 0.497 e. The highest BCUT2D eigenvalue weighted by Gasteiger charge is 2.40. The molecule has 2 rings (SSSR count). The van der Waals surface area contributed by atoms with Crippen LogP contribution in [-0.2, 0) is 11.3 Å². The average Bonchev–Trinajstić information content (AvgIpc) is 2.46. The summed E-state index contributed by atoms with van der Waals surface area (Å²) in [6, 6.07) is 4.56. The minimum Gasteiger partial charge on any atom is -0.497 e. The van der Waals surface area contributed by atoms with E-state index in [2.05, 4.69) is 14.7 Å². The second-order valence-corrected chi connectivity index (χ2v) is 4.45. The van der Waals surface area contributed by atoms with Gasteiger partial charge >= 0.3 is 12.3 Å². The first-order valence-electron chi connectivity index (χ1n) is 6.14. The van der Waals surface area contributed by atoms with E-state index in [0.29, 0.717) is 11.3 Å². The molecule has 5 nitrogen and oxygen atoms in total. The van der Waals surface area contributed by atoms with E-state index in [9.17, 15) is 22.4 Å². The number of hydrogen-bond donors (Lipinski definition) is 1. The molecule has 0 aliphatic rings. The summed E-state index contributed by atoms with van der Waals surface area (Å²) in [6.45, 7) is -1.98. The molecule has 0 aliphatic heterocycles. The second-order valence-electron chi connectivity index (χ2n) is 4.45. The van der Waals surface area contributed by atoms with Crippen molar-refractivity contribution in [2.75, 3.05) is 13.7 Å². The third-order valence-electron chi connectivity index (χ3n) is 2.81. The van der Waals surface area contributed by atoms with Crippen molar-refractivity contribution in [3.05, 3.63) is 34.4 Å². The summed E-state index contributed by atoms with van der Waals surface area (Å²) in [4.78, 5) is 18.2. The SMILES string of the molecule is COc1ccc2nc(COCC(F)(F)C(F)F)[nH]c(=O)c2c1. The zero-order chi connectivity index (χ0) is 16.3. The van der Waals surface area contributed by atoms with Gasteiger partial charge in [-0.3, -0.25) is 4.79 Å². The summed E-state index contributed by atoms with van der Waals surface area (Å²) in [6.07, 6.45) is -3.82. The number of halogens is 4. The number of methoxy groups -OCH3 is 1. The zero-order valence-electron chi connectivity index (χ0n) is 11.4. The van der Waals surface area contributed by atoms with Crippen molar-refractivity contribution in [3.63, 3.8) is 0 Å². The monoisotopic (exact) mass is 320 g/mol. The van der Waals surface area contributed by atoms with Gasteiger partial charge in [-0.2, -0.15) is 8.78 Å². The Bertz CT molecular complexity index is 718. The lowest BCUT2D eigenvalue weighted by Gasteiger charge is -2.14. The fourth-order valence-electron chi connectivity index (χ4n) is 1.71. The van der Waals surface area contributed by atoms with Crippen LogP contribution in [0.2, 0.25) is 0 Å². The van der Waals surface area contributed by atoms with Gasteiger partial charge in [0.25, 0.3) is 5.56 Å². The molecule has 0 fully saturated rings. The summed E-state index contributed by atoms with van der Waals surface area (Å²) in [5, 5.41) is 0.251. The van der Waals surface area contributed by atoms with Crippen molar-refractivity contribution in [2.45, 2.75) is 19.0 Å². The number of fused-ring (bicyclic) bond motifs is 1. The molecule has 0 radical (unpaired) electrons. The molecule has 0 unspecified atom stereocenters. The van der Waals surface area contributed by atoms with Crippen molar-refractivity contribution in [1.82, 2.24) is 9.97 Å². The molecule has 1 aromatic carbocycles. The Kier molecular flexibility index (Phi) is 4.65. The molecule has 0 saturated heterocycles. The number of benzene rings is 1. The minimum absolute atomic E-state index is 0.0345. The van der Waals surface area contributed by atoms with Crippen molar-refractivity contribution >= 4 is 10.9 Å². The van der Waals surface area contributed by atoms with Crippen LogP contribution in [0.1, 0.15) is 5.82 Å². The first-order chi connectivity index (χ1) is 10.3. The molecule has 9 heteroatoms. The van der Waals surface area contributed by atoms with Crippen LogP contribution >= 0.6 is 0 Å². The normalized spacial score (nSPS) is 12.1.